The summed E-state index contributed by atoms with van der Waals surface area (Å²) in [6.07, 6.45) is 3.69. The third-order valence-electron chi connectivity index (χ3n) is 5.01. The maximum absolute atomic E-state index is 7.45. The molecule has 0 spiro atoms. The van der Waals surface area contributed by atoms with E-state index < -0.39 is 0 Å². The summed E-state index contributed by atoms with van der Waals surface area (Å²) in [6.45, 7) is 7.55. The zero-order chi connectivity index (χ0) is 17.8. The average Bonchev–Trinajstić information content (AvgIpc) is 2.59. The van der Waals surface area contributed by atoms with E-state index in [1.165, 1.54) is 35.7 Å². The molecule has 1 aliphatic rings. The van der Waals surface area contributed by atoms with Crippen molar-refractivity contribution >= 4 is 17.6 Å². The van der Waals surface area contributed by atoms with Crippen molar-refractivity contribution in [2.75, 3.05) is 24.1 Å². The Bertz CT molecular complexity index is 754. The number of benzene rings is 2. The normalized spacial score (nSPS) is 18.1. The van der Waals surface area contributed by atoms with Crippen LogP contribution in [0.1, 0.15) is 35.1 Å². The number of rotatable bonds is 5. The van der Waals surface area contributed by atoms with Gasteiger partial charge in [-0.15, -0.1) is 0 Å². The second-order valence-electron chi connectivity index (χ2n) is 7.14. The molecule has 0 saturated carbocycles. The maximum Gasteiger partial charge on any atom is 0.0404 e. The Morgan fingerprint density at radius 1 is 1.24 bits per heavy atom. The SMILES string of the molecule is Cc1ccc(CN2CCCC(Nc3ccc(N)c(C=N)c3)C2)c(C)c1. The van der Waals surface area contributed by atoms with Gasteiger partial charge in [-0.2, -0.15) is 0 Å². The molecule has 0 bridgehead atoms. The molecule has 4 nitrogen and oxygen atoms in total. The highest BCUT2D eigenvalue weighted by Crippen LogP contribution is 2.22. The number of hydrogen-bond acceptors (Lipinski definition) is 4. The fourth-order valence-electron chi connectivity index (χ4n) is 3.61. The average molecular weight is 336 g/mol. The molecule has 2 aromatic rings. The van der Waals surface area contributed by atoms with Crippen molar-refractivity contribution in [2.24, 2.45) is 0 Å². The van der Waals surface area contributed by atoms with Crippen LogP contribution in [0.4, 0.5) is 11.4 Å². The fraction of sp³-hybridized carbons (Fsp3) is 0.381. The Labute approximate surface area is 150 Å². The van der Waals surface area contributed by atoms with Crippen LogP contribution in [0.15, 0.2) is 36.4 Å². The lowest BCUT2D eigenvalue weighted by Gasteiger charge is -2.34. The molecule has 1 aliphatic heterocycles. The van der Waals surface area contributed by atoms with Gasteiger partial charge in [-0.3, -0.25) is 4.90 Å². The highest BCUT2D eigenvalue weighted by Gasteiger charge is 2.20. The second-order valence-corrected chi connectivity index (χ2v) is 7.14. The number of hydrogen-bond donors (Lipinski definition) is 3. The van der Waals surface area contributed by atoms with Crippen LogP contribution in [0.5, 0.6) is 0 Å². The fourth-order valence-corrected chi connectivity index (χ4v) is 3.61. The van der Waals surface area contributed by atoms with Crippen LogP contribution in [-0.2, 0) is 6.54 Å². The van der Waals surface area contributed by atoms with Gasteiger partial charge in [0, 0.05) is 42.3 Å². The van der Waals surface area contributed by atoms with Crippen molar-refractivity contribution in [1.82, 2.24) is 4.90 Å². The smallest absolute Gasteiger partial charge is 0.0404 e. The van der Waals surface area contributed by atoms with E-state index in [2.05, 4.69) is 42.3 Å². The number of piperidine rings is 1. The molecule has 0 aliphatic carbocycles. The lowest BCUT2D eigenvalue weighted by Crippen LogP contribution is -2.41. The minimum Gasteiger partial charge on any atom is -0.398 e. The van der Waals surface area contributed by atoms with Gasteiger partial charge >= 0.3 is 0 Å². The van der Waals surface area contributed by atoms with E-state index in [1.54, 1.807) is 0 Å². The molecule has 0 aromatic heterocycles. The van der Waals surface area contributed by atoms with Crippen LogP contribution in [-0.4, -0.2) is 30.2 Å². The van der Waals surface area contributed by atoms with Crippen LogP contribution >= 0.6 is 0 Å². The third kappa shape index (κ3) is 4.40. The number of nitrogen functional groups attached to an aromatic ring is 1. The van der Waals surface area contributed by atoms with Crippen LogP contribution in [0.25, 0.3) is 0 Å². The molecule has 3 rings (SSSR count). The first-order valence-electron chi connectivity index (χ1n) is 9.00. The molecule has 1 unspecified atom stereocenters. The Kier molecular flexibility index (Phi) is 5.39. The molecule has 4 N–H and O–H groups in total. The van der Waals surface area contributed by atoms with E-state index in [9.17, 15) is 0 Å². The minimum atomic E-state index is 0.432. The first-order chi connectivity index (χ1) is 12.0. The van der Waals surface area contributed by atoms with E-state index >= 15 is 0 Å². The molecule has 132 valence electrons. The van der Waals surface area contributed by atoms with Gasteiger partial charge in [0.05, 0.1) is 0 Å². The lowest BCUT2D eigenvalue weighted by molar-refractivity contribution is 0.208. The predicted octanol–water partition coefficient (Wildman–Crippen LogP) is 3.96. The van der Waals surface area contributed by atoms with Gasteiger partial charge in [0.1, 0.15) is 0 Å². The van der Waals surface area contributed by atoms with Gasteiger partial charge in [-0.05, 0) is 62.6 Å². The number of anilines is 2. The molecule has 0 radical (unpaired) electrons. The Balaban J connectivity index is 1.64. The largest absolute Gasteiger partial charge is 0.398 e. The zero-order valence-corrected chi connectivity index (χ0v) is 15.2. The van der Waals surface area contributed by atoms with E-state index in [0.717, 1.165) is 30.9 Å². The Hall–Kier alpha value is -2.33. The molecule has 1 heterocycles. The van der Waals surface area contributed by atoms with Crippen LogP contribution < -0.4 is 11.1 Å². The van der Waals surface area contributed by atoms with Gasteiger partial charge < -0.3 is 16.5 Å². The first kappa shape index (κ1) is 17.5. The summed E-state index contributed by atoms with van der Waals surface area (Å²) in [7, 11) is 0. The van der Waals surface area contributed by atoms with Crippen molar-refractivity contribution in [3.63, 3.8) is 0 Å². The second kappa shape index (κ2) is 7.70. The first-order valence-corrected chi connectivity index (χ1v) is 9.00. The number of nitrogens with two attached hydrogens (primary N) is 1. The molecule has 4 heteroatoms. The lowest BCUT2D eigenvalue weighted by atomic mass is 10.0. The van der Waals surface area contributed by atoms with Gasteiger partial charge in [0.15, 0.2) is 0 Å². The summed E-state index contributed by atoms with van der Waals surface area (Å²) in [5.74, 6) is 0. The molecule has 25 heavy (non-hydrogen) atoms. The highest BCUT2D eigenvalue weighted by atomic mass is 15.2. The van der Waals surface area contributed by atoms with E-state index in [-0.39, 0.29) is 0 Å². The number of nitrogens with zero attached hydrogens (tertiary/aromatic N) is 1. The molecule has 1 saturated heterocycles. The van der Waals surface area contributed by atoms with Crippen LogP contribution in [0.2, 0.25) is 0 Å². The van der Waals surface area contributed by atoms with Crippen molar-refractivity contribution in [3.05, 3.63) is 58.7 Å². The Morgan fingerprint density at radius 2 is 2.08 bits per heavy atom. The van der Waals surface area contributed by atoms with Gasteiger partial charge in [0.25, 0.3) is 0 Å². The maximum atomic E-state index is 7.45. The summed E-state index contributed by atoms with van der Waals surface area (Å²) in [5, 5.41) is 11.1. The van der Waals surface area contributed by atoms with E-state index in [0.29, 0.717) is 11.7 Å². The van der Waals surface area contributed by atoms with Crippen LogP contribution in [0, 0.1) is 19.3 Å². The highest BCUT2D eigenvalue weighted by molar-refractivity contribution is 5.86. The molecular formula is C21H28N4. The number of aryl methyl sites for hydroxylation is 2. The summed E-state index contributed by atoms with van der Waals surface area (Å²) in [4.78, 5) is 2.54. The Morgan fingerprint density at radius 3 is 2.84 bits per heavy atom. The summed E-state index contributed by atoms with van der Waals surface area (Å²) < 4.78 is 0. The number of nitrogens with one attached hydrogen (secondary N) is 2. The van der Waals surface area contributed by atoms with Gasteiger partial charge in [-0.1, -0.05) is 23.8 Å². The molecule has 1 atom stereocenters. The summed E-state index contributed by atoms with van der Waals surface area (Å²) in [5.41, 5.74) is 12.5. The molecule has 2 aromatic carbocycles. The van der Waals surface area contributed by atoms with Gasteiger partial charge in [0.2, 0.25) is 0 Å². The van der Waals surface area contributed by atoms with Crippen molar-refractivity contribution in [2.45, 2.75) is 39.3 Å². The predicted molar refractivity (Wildman–Crippen MR) is 107 cm³/mol. The quantitative estimate of drug-likeness (QED) is 0.572. The molecule has 0 amide bonds. The number of likely N-dealkylation sites (tertiary alicyclic amines) is 1. The topological polar surface area (TPSA) is 65.1 Å². The standard InChI is InChI=1S/C21H28N4/c1-15-5-6-17(16(2)10-15)13-25-9-3-4-20(14-25)24-19-7-8-21(23)18(11-19)12-22/h5-8,10-12,20,22,24H,3-4,9,13-14,23H2,1-2H3. The minimum absolute atomic E-state index is 0.432. The van der Waals surface area contributed by atoms with E-state index in [4.69, 9.17) is 11.1 Å². The monoisotopic (exact) mass is 336 g/mol. The summed E-state index contributed by atoms with van der Waals surface area (Å²) >= 11 is 0. The zero-order valence-electron chi connectivity index (χ0n) is 15.2. The van der Waals surface area contributed by atoms with Crippen molar-refractivity contribution in [3.8, 4) is 0 Å². The van der Waals surface area contributed by atoms with E-state index in [1.807, 2.05) is 18.2 Å². The van der Waals surface area contributed by atoms with Crippen LogP contribution in [0.3, 0.4) is 0 Å². The van der Waals surface area contributed by atoms with Crippen molar-refractivity contribution < 1.29 is 0 Å². The van der Waals surface area contributed by atoms with Gasteiger partial charge in [-0.25, -0.2) is 0 Å². The molecular weight excluding hydrogens is 308 g/mol. The third-order valence-corrected chi connectivity index (χ3v) is 5.01. The summed E-state index contributed by atoms with van der Waals surface area (Å²) in [6, 6.07) is 13.0. The molecule has 1 fully saturated rings. The van der Waals surface area contributed by atoms with Crippen molar-refractivity contribution in [1.29, 1.82) is 5.41 Å².